The molecule has 0 unspecified atom stereocenters. The number of alkyl halides is 2. The van der Waals surface area contributed by atoms with Gasteiger partial charge in [-0.05, 0) is 24.6 Å². The number of likely N-dealkylation sites (tertiary alicyclic amines) is 1. The fourth-order valence-electron chi connectivity index (χ4n) is 3.59. The molecule has 1 aromatic heterocycles. The smallest absolute Gasteiger partial charge is 0.268 e. The summed E-state index contributed by atoms with van der Waals surface area (Å²) in [6.07, 6.45) is 0.152. The number of fused-ring (bicyclic) bond motifs is 1. The SMILES string of the molecule is N#Cc1ccc2cc(C(=O)NCC(=O)N3CC[C@@]4(C3)CC4(F)F)[nH]c2c1. The molecule has 1 aliphatic heterocycles. The Labute approximate surface area is 147 Å². The summed E-state index contributed by atoms with van der Waals surface area (Å²) in [6, 6.07) is 8.67. The summed E-state index contributed by atoms with van der Waals surface area (Å²) in [5.74, 6) is -3.49. The van der Waals surface area contributed by atoms with Crippen molar-refractivity contribution in [2.75, 3.05) is 19.6 Å². The van der Waals surface area contributed by atoms with E-state index in [1.54, 1.807) is 24.3 Å². The van der Waals surface area contributed by atoms with Crippen molar-refractivity contribution in [3.8, 4) is 6.07 Å². The number of amides is 2. The molecule has 26 heavy (non-hydrogen) atoms. The van der Waals surface area contributed by atoms with Crippen LogP contribution in [-0.2, 0) is 4.79 Å². The van der Waals surface area contributed by atoms with Gasteiger partial charge in [-0.3, -0.25) is 9.59 Å². The number of rotatable bonds is 3. The Morgan fingerprint density at radius 3 is 2.77 bits per heavy atom. The van der Waals surface area contributed by atoms with Crippen LogP contribution in [0.2, 0.25) is 0 Å². The Kier molecular flexibility index (Phi) is 3.51. The monoisotopic (exact) mass is 358 g/mol. The number of nitriles is 1. The Morgan fingerprint density at radius 1 is 1.35 bits per heavy atom. The standard InChI is InChI=1S/C18H16F2N4O2/c19-18(20)9-17(18)3-4-24(10-17)15(25)8-22-16(26)14-6-12-2-1-11(7-21)5-13(12)23-14/h1-2,5-6,23H,3-4,8-10H2,(H,22,26)/t17-/m0/s1. The van der Waals surface area contributed by atoms with Crippen molar-refractivity contribution in [3.63, 3.8) is 0 Å². The third-order valence-corrected chi connectivity index (χ3v) is 5.31. The lowest BCUT2D eigenvalue weighted by molar-refractivity contribution is -0.129. The minimum Gasteiger partial charge on any atom is -0.350 e. The highest BCUT2D eigenvalue weighted by atomic mass is 19.3. The minimum absolute atomic E-state index is 0.0536. The third kappa shape index (κ3) is 2.60. The second kappa shape index (κ2) is 5.53. The van der Waals surface area contributed by atoms with E-state index in [1.807, 2.05) is 6.07 Å². The number of nitrogens with zero attached hydrogens (tertiary/aromatic N) is 2. The van der Waals surface area contributed by atoms with Crippen LogP contribution >= 0.6 is 0 Å². The van der Waals surface area contributed by atoms with Crippen LogP contribution < -0.4 is 5.32 Å². The molecule has 2 amide bonds. The van der Waals surface area contributed by atoms with Crippen molar-refractivity contribution in [3.05, 3.63) is 35.5 Å². The van der Waals surface area contributed by atoms with Gasteiger partial charge in [0.2, 0.25) is 5.91 Å². The number of aromatic nitrogens is 1. The van der Waals surface area contributed by atoms with Crippen molar-refractivity contribution < 1.29 is 18.4 Å². The number of carbonyl (C=O) groups excluding carboxylic acids is 2. The van der Waals surface area contributed by atoms with E-state index in [-0.39, 0.29) is 31.1 Å². The van der Waals surface area contributed by atoms with Crippen LogP contribution in [0.25, 0.3) is 10.9 Å². The molecule has 134 valence electrons. The molecule has 0 bridgehead atoms. The first kappa shape index (κ1) is 16.5. The Morgan fingerprint density at radius 2 is 2.12 bits per heavy atom. The Bertz CT molecular complexity index is 962. The highest BCUT2D eigenvalue weighted by molar-refractivity contribution is 5.99. The lowest BCUT2D eigenvalue weighted by Crippen LogP contribution is -2.39. The first-order valence-corrected chi connectivity index (χ1v) is 8.30. The zero-order valence-corrected chi connectivity index (χ0v) is 13.8. The molecule has 0 radical (unpaired) electrons. The summed E-state index contributed by atoms with van der Waals surface area (Å²) in [7, 11) is 0. The van der Waals surface area contributed by atoms with E-state index in [2.05, 4.69) is 10.3 Å². The Hall–Kier alpha value is -2.95. The zero-order valence-electron chi connectivity index (χ0n) is 13.8. The number of benzene rings is 1. The lowest BCUT2D eigenvalue weighted by Gasteiger charge is -2.16. The van der Waals surface area contributed by atoms with E-state index in [0.717, 1.165) is 5.39 Å². The largest absolute Gasteiger partial charge is 0.350 e. The third-order valence-electron chi connectivity index (χ3n) is 5.31. The maximum Gasteiger partial charge on any atom is 0.268 e. The molecule has 6 nitrogen and oxygen atoms in total. The van der Waals surface area contributed by atoms with Crippen LogP contribution in [-0.4, -0.2) is 47.3 Å². The number of carbonyl (C=O) groups is 2. The summed E-state index contributed by atoms with van der Waals surface area (Å²) in [4.78, 5) is 28.7. The molecule has 8 heteroatoms. The van der Waals surface area contributed by atoms with E-state index in [0.29, 0.717) is 24.0 Å². The molecule has 4 rings (SSSR count). The first-order chi connectivity index (χ1) is 12.3. The maximum absolute atomic E-state index is 13.4. The number of nitrogens with one attached hydrogen (secondary N) is 2. The van der Waals surface area contributed by atoms with E-state index < -0.39 is 17.2 Å². The fraction of sp³-hybridized carbons (Fsp3) is 0.389. The molecule has 1 atom stereocenters. The summed E-state index contributed by atoms with van der Waals surface area (Å²) < 4.78 is 26.8. The van der Waals surface area contributed by atoms with E-state index >= 15 is 0 Å². The molecule has 2 aromatic rings. The molecule has 1 aromatic carbocycles. The van der Waals surface area contributed by atoms with Gasteiger partial charge in [-0.2, -0.15) is 5.26 Å². The normalized spacial score (nSPS) is 23.2. The fourth-order valence-corrected chi connectivity index (χ4v) is 3.59. The maximum atomic E-state index is 13.4. The number of hydrogen-bond donors (Lipinski definition) is 2. The van der Waals surface area contributed by atoms with Crippen LogP contribution in [0.5, 0.6) is 0 Å². The number of H-pyrrole nitrogens is 1. The molecule has 2 heterocycles. The van der Waals surface area contributed by atoms with E-state index in [1.165, 1.54) is 4.90 Å². The van der Waals surface area contributed by atoms with Crippen LogP contribution in [0, 0.1) is 16.7 Å². The van der Waals surface area contributed by atoms with Gasteiger partial charge in [0, 0.05) is 30.4 Å². The van der Waals surface area contributed by atoms with Gasteiger partial charge in [-0.15, -0.1) is 0 Å². The van der Waals surface area contributed by atoms with E-state index in [4.69, 9.17) is 5.26 Å². The van der Waals surface area contributed by atoms with Gasteiger partial charge in [-0.1, -0.05) is 6.07 Å². The topological polar surface area (TPSA) is 89.0 Å². The van der Waals surface area contributed by atoms with Gasteiger partial charge in [0.15, 0.2) is 0 Å². The summed E-state index contributed by atoms with van der Waals surface area (Å²) in [5, 5.41) is 12.2. The molecule has 2 N–H and O–H groups in total. The first-order valence-electron chi connectivity index (χ1n) is 8.30. The summed E-state index contributed by atoms with van der Waals surface area (Å²) >= 11 is 0. The molecule has 1 aliphatic carbocycles. The highest BCUT2D eigenvalue weighted by Crippen LogP contribution is 2.64. The molecular weight excluding hydrogens is 342 g/mol. The number of hydrogen-bond acceptors (Lipinski definition) is 3. The van der Waals surface area contributed by atoms with Gasteiger partial charge < -0.3 is 15.2 Å². The van der Waals surface area contributed by atoms with Crippen molar-refractivity contribution in [2.24, 2.45) is 5.41 Å². The summed E-state index contributed by atoms with van der Waals surface area (Å²) in [5.41, 5.74) is 0.358. The van der Waals surface area contributed by atoms with Crippen LogP contribution in [0.15, 0.2) is 24.3 Å². The van der Waals surface area contributed by atoms with E-state index in [9.17, 15) is 18.4 Å². The predicted octanol–water partition coefficient (Wildman–Crippen LogP) is 2.03. The minimum atomic E-state index is -2.67. The van der Waals surface area contributed by atoms with Gasteiger partial charge >= 0.3 is 0 Å². The Balaban J connectivity index is 1.37. The van der Waals surface area contributed by atoms with Crippen molar-refractivity contribution in [1.29, 1.82) is 5.26 Å². The molecule has 1 spiro atoms. The molecule has 1 saturated carbocycles. The average Bonchev–Trinajstić information content (AvgIpc) is 3.01. The van der Waals surface area contributed by atoms with Gasteiger partial charge in [0.05, 0.1) is 23.6 Å². The number of aromatic amines is 1. The van der Waals surface area contributed by atoms with Crippen LogP contribution in [0.1, 0.15) is 28.9 Å². The highest BCUT2D eigenvalue weighted by Gasteiger charge is 2.72. The van der Waals surface area contributed by atoms with Crippen molar-refractivity contribution in [1.82, 2.24) is 15.2 Å². The predicted molar refractivity (Wildman–Crippen MR) is 88.5 cm³/mol. The zero-order chi connectivity index (χ0) is 18.5. The second-order valence-corrected chi connectivity index (χ2v) is 7.01. The van der Waals surface area contributed by atoms with Crippen molar-refractivity contribution >= 4 is 22.7 Å². The van der Waals surface area contributed by atoms with Gasteiger partial charge in [-0.25, -0.2) is 8.78 Å². The molecule has 2 aliphatic rings. The molecule has 2 fully saturated rings. The van der Waals surface area contributed by atoms with Crippen molar-refractivity contribution in [2.45, 2.75) is 18.8 Å². The van der Waals surface area contributed by atoms with Crippen LogP contribution in [0.4, 0.5) is 8.78 Å². The number of halogens is 2. The van der Waals surface area contributed by atoms with Gasteiger partial charge in [0.1, 0.15) is 5.69 Å². The molecular formula is C18H16F2N4O2. The average molecular weight is 358 g/mol. The quantitative estimate of drug-likeness (QED) is 0.880. The second-order valence-electron chi connectivity index (χ2n) is 7.01. The van der Waals surface area contributed by atoms with Gasteiger partial charge in [0.25, 0.3) is 11.8 Å². The molecule has 1 saturated heterocycles. The summed E-state index contributed by atoms with van der Waals surface area (Å²) in [6.45, 7) is 0.116. The lowest BCUT2D eigenvalue weighted by atomic mass is 10.1. The van der Waals surface area contributed by atoms with Crippen LogP contribution in [0.3, 0.4) is 0 Å².